The van der Waals surface area contributed by atoms with E-state index in [2.05, 4.69) is 10.0 Å². The quantitative estimate of drug-likeness (QED) is 0.880. The number of hydrogen-bond acceptors (Lipinski definition) is 3. The van der Waals surface area contributed by atoms with E-state index in [1.807, 2.05) is 19.1 Å². The van der Waals surface area contributed by atoms with E-state index in [1.54, 1.807) is 12.1 Å². The van der Waals surface area contributed by atoms with Crippen molar-refractivity contribution in [2.75, 3.05) is 11.9 Å². The monoisotopic (exact) mass is 336 g/mol. The number of sulfonamides is 1. The normalized spacial score (nSPS) is 11.3. The molecule has 0 aliphatic heterocycles. The predicted octanol–water partition coefficient (Wildman–Crippen LogP) is 2.36. The van der Waals surface area contributed by atoms with Gasteiger partial charge in [0.2, 0.25) is 15.9 Å². The van der Waals surface area contributed by atoms with Gasteiger partial charge in [-0.25, -0.2) is 17.5 Å². The van der Waals surface area contributed by atoms with Crippen LogP contribution in [0, 0.1) is 19.7 Å². The number of carbonyl (C=O) groups excluding carboxylic acids is 1. The summed E-state index contributed by atoms with van der Waals surface area (Å²) in [7, 11) is -3.87. The molecular weight excluding hydrogens is 319 g/mol. The first-order chi connectivity index (χ1) is 10.8. The highest BCUT2D eigenvalue weighted by atomic mass is 32.2. The smallest absolute Gasteiger partial charge is 0.241 e. The topological polar surface area (TPSA) is 75.3 Å². The zero-order valence-corrected chi connectivity index (χ0v) is 13.6. The number of nitrogens with one attached hydrogen (secondary N) is 2. The molecule has 2 N–H and O–H groups in total. The summed E-state index contributed by atoms with van der Waals surface area (Å²) in [6.07, 6.45) is 0. The highest BCUT2D eigenvalue weighted by molar-refractivity contribution is 7.89. The van der Waals surface area contributed by atoms with Gasteiger partial charge in [0.25, 0.3) is 0 Å². The van der Waals surface area contributed by atoms with Crippen LogP contribution in [0.3, 0.4) is 0 Å². The van der Waals surface area contributed by atoms with E-state index < -0.39 is 28.3 Å². The van der Waals surface area contributed by atoms with Crippen molar-refractivity contribution in [3.8, 4) is 0 Å². The summed E-state index contributed by atoms with van der Waals surface area (Å²) < 4.78 is 39.6. The number of amides is 1. The second-order valence-electron chi connectivity index (χ2n) is 5.15. The maximum absolute atomic E-state index is 13.2. The lowest BCUT2D eigenvalue weighted by atomic mass is 10.2. The Labute approximate surface area is 134 Å². The van der Waals surface area contributed by atoms with Crippen LogP contribution in [0.1, 0.15) is 11.1 Å². The lowest BCUT2D eigenvalue weighted by Crippen LogP contribution is -2.33. The van der Waals surface area contributed by atoms with Crippen LogP contribution in [0.25, 0.3) is 0 Å². The minimum Gasteiger partial charge on any atom is -0.325 e. The summed E-state index contributed by atoms with van der Waals surface area (Å²) in [6.45, 7) is 2.98. The van der Waals surface area contributed by atoms with Crippen molar-refractivity contribution in [2.45, 2.75) is 18.7 Å². The van der Waals surface area contributed by atoms with Crippen LogP contribution in [0.15, 0.2) is 47.4 Å². The number of benzene rings is 2. The van der Waals surface area contributed by atoms with E-state index in [1.165, 1.54) is 13.0 Å². The molecule has 0 aromatic heterocycles. The van der Waals surface area contributed by atoms with Crippen LogP contribution in [0.5, 0.6) is 0 Å². The third kappa shape index (κ3) is 4.61. The molecule has 2 aromatic rings. The molecule has 0 aliphatic rings. The third-order valence-electron chi connectivity index (χ3n) is 3.20. The largest absolute Gasteiger partial charge is 0.325 e. The van der Waals surface area contributed by atoms with Gasteiger partial charge in [-0.15, -0.1) is 0 Å². The zero-order valence-electron chi connectivity index (χ0n) is 12.8. The summed E-state index contributed by atoms with van der Waals surface area (Å²) >= 11 is 0. The molecule has 0 radical (unpaired) electrons. The maximum Gasteiger partial charge on any atom is 0.241 e. The zero-order chi connectivity index (χ0) is 17.0. The van der Waals surface area contributed by atoms with E-state index in [4.69, 9.17) is 0 Å². The Balaban J connectivity index is 1.99. The lowest BCUT2D eigenvalue weighted by Gasteiger charge is -2.09. The van der Waals surface area contributed by atoms with E-state index in [0.717, 1.165) is 17.7 Å². The molecule has 5 nitrogen and oxygen atoms in total. The Morgan fingerprint density at radius 3 is 2.35 bits per heavy atom. The first-order valence-electron chi connectivity index (χ1n) is 6.90. The molecule has 0 fully saturated rings. The van der Waals surface area contributed by atoms with Gasteiger partial charge in [0, 0.05) is 5.69 Å². The van der Waals surface area contributed by atoms with Crippen LogP contribution in [-0.4, -0.2) is 20.9 Å². The molecule has 2 rings (SSSR count). The Morgan fingerprint density at radius 1 is 1.09 bits per heavy atom. The van der Waals surface area contributed by atoms with Gasteiger partial charge in [-0.05, 0) is 49.7 Å². The number of anilines is 1. The van der Waals surface area contributed by atoms with Crippen LogP contribution >= 0.6 is 0 Å². The third-order valence-corrected chi connectivity index (χ3v) is 4.60. The molecule has 122 valence electrons. The summed E-state index contributed by atoms with van der Waals surface area (Å²) in [6, 6.07) is 10.6. The lowest BCUT2D eigenvalue weighted by molar-refractivity contribution is -0.115. The highest BCUT2D eigenvalue weighted by Gasteiger charge is 2.16. The van der Waals surface area contributed by atoms with Gasteiger partial charge >= 0.3 is 0 Å². The number of carbonyl (C=O) groups is 1. The molecule has 2 aromatic carbocycles. The second-order valence-corrected chi connectivity index (χ2v) is 6.92. The first kappa shape index (κ1) is 17.1. The SMILES string of the molecule is Cc1ccc(NC(=O)CNS(=O)(=O)c2ccc(F)c(C)c2)cc1. The second kappa shape index (κ2) is 6.89. The van der Waals surface area contributed by atoms with Crippen LogP contribution in [0.2, 0.25) is 0 Å². The van der Waals surface area contributed by atoms with E-state index in [-0.39, 0.29) is 10.5 Å². The number of rotatable bonds is 5. The molecule has 0 bridgehead atoms. The summed E-state index contributed by atoms with van der Waals surface area (Å²) in [5.41, 5.74) is 1.85. The number of aryl methyl sites for hydroxylation is 2. The van der Waals surface area contributed by atoms with Crippen molar-refractivity contribution in [2.24, 2.45) is 0 Å². The van der Waals surface area contributed by atoms with Gasteiger partial charge in [0.15, 0.2) is 0 Å². The predicted molar refractivity (Wildman–Crippen MR) is 86.1 cm³/mol. The molecule has 23 heavy (non-hydrogen) atoms. The van der Waals surface area contributed by atoms with E-state index >= 15 is 0 Å². The fourth-order valence-corrected chi connectivity index (χ4v) is 2.94. The summed E-state index contributed by atoms with van der Waals surface area (Å²) in [4.78, 5) is 11.7. The fourth-order valence-electron chi connectivity index (χ4n) is 1.87. The van der Waals surface area contributed by atoms with Crippen LogP contribution in [-0.2, 0) is 14.8 Å². The molecule has 0 atom stereocenters. The van der Waals surface area contributed by atoms with Crippen molar-refractivity contribution in [1.29, 1.82) is 0 Å². The minimum absolute atomic E-state index is 0.0838. The Morgan fingerprint density at radius 2 is 1.74 bits per heavy atom. The average Bonchev–Trinajstić information content (AvgIpc) is 2.50. The van der Waals surface area contributed by atoms with Crippen LogP contribution < -0.4 is 10.0 Å². The van der Waals surface area contributed by atoms with Gasteiger partial charge in [0.1, 0.15) is 5.82 Å². The molecule has 0 unspecified atom stereocenters. The summed E-state index contributed by atoms with van der Waals surface area (Å²) in [5, 5.41) is 2.59. The van der Waals surface area contributed by atoms with Crippen molar-refractivity contribution >= 4 is 21.6 Å². The Bertz CT molecular complexity index is 818. The van der Waals surface area contributed by atoms with E-state index in [9.17, 15) is 17.6 Å². The van der Waals surface area contributed by atoms with Crippen molar-refractivity contribution in [3.05, 3.63) is 59.4 Å². The van der Waals surface area contributed by atoms with Gasteiger partial charge in [-0.3, -0.25) is 4.79 Å². The molecule has 1 amide bonds. The summed E-state index contributed by atoms with van der Waals surface area (Å²) in [5.74, 6) is -0.975. The first-order valence-corrected chi connectivity index (χ1v) is 8.38. The van der Waals surface area contributed by atoms with E-state index in [0.29, 0.717) is 5.69 Å². The Kier molecular flexibility index (Phi) is 5.12. The van der Waals surface area contributed by atoms with Crippen molar-refractivity contribution in [3.63, 3.8) is 0 Å². The van der Waals surface area contributed by atoms with Crippen LogP contribution in [0.4, 0.5) is 10.1 Å². The molecule has 7 heteroatoms. The molecule has 0 aliphatic carbocycles. The molecule has 0 spiro atoms. The number of hydrogen-bond donors (Lipinski definition) is 2. The molecular formula is C16H17FN2O3S. The van der Waals surface area contributed by atoms with Crippen molar-refractivity contribution < 1.29 is 17.6 Å². The van der Waals surface area contributed by atoms with Gasteiger partial charge in [0.05, 0.1) is 11.4 Å². The van der Waals surface area contributed by atoms with Gasteiger partial charge in [-0.1, -0.05) is 17.7 Å². The molecule has 0 saturated carbocycles. The number of halogens is 1. The molecule has 0 heterocycles. The fraction of sp³-hybridized carbons (Fsp3) is 0.188. The standard InChI is InChI=1S/C16H17FN2O3S/c1-11-3-5-13(6-4-11)19-16(20)10-18-23(21,22)14-7-8-15(17)12(2)9-14/h3-9,18H,10H2,1-2H3,(H,19,20). The maximum atomic E-state index is 13.2. The Hall–Kier alpha value is -2.25. The van der Waals surface area contributed by atoms with Crippen molar-refractivity contribution in [1.82, 2.24) is 4.72 Å². The highest BCUT2D eigenvalue weighted by Crippen LogP contribution is 2.14. The van der Waals surface area contributed by atoms with Gasteiger partial charge in [-0.2, -0.15) is 0 Å². The average molecular weight is 336 g/mol. The minimum atomic E-state index is -3.87. The molecule has 0 saturated heterocycles. The van der Waals surface area contributed by atoms with Gasteiger partial charge < -0.3 is 5.32 Å².